The number of nitriles is 1. The minimum absolute atomic E-state index is 0.230. The Morgan fingerprint density at radius 3 is 2.07 bits per heavy atom. The van der Waals surface area contributed by atoms with Gasteiger partial charge in [-0.25, -0.2) is 0 Å². The van der Waals surface area contributed by atoms with Crippen LogP contribution in [0.4, 0.5) is 0 Å². The number of aromatic hydroxyl groups is 1. The fourth-order valence-corrected chi connectivity index (χ4v) is 3.79. The number of carbonyl (C=O) groups excluding carboxylic acids is 1. The Morgan fingerprint density at radius 1 is 1.14 bits per heavy atom. The molecule has 0 fully saturated rings. The Hall–Kier alpha value is -2.19. The van der Waals surface area contributed by atoms with E-state index in [9.17, 15) is 15.2 Å². The summed E-state index contributed by atoms with van der Waals surface area (Å²) in [4.78, 5) is 14.0. The number of phenols is 1. The highest BCUT2D eigenvalue weighted by molar-refractivity contribution is 7.80. The molecule has 0 radical (unpaired) electrons. The van der Waals surface area contributed by atoms with Crippen molar-refractivity contribution in [3.05, 3.63) is 46.3 Å². The Morgan fingerprint density at radius 2 is 1.66 bits per heavy atom. The van der Waals surface area contributed by atoms with Gasteiger partial charge in [0.2, 0.25) is 0 Å². The molecule has 5 heteroatoms. The smallest absolute Gasteiger partial charge is 0.197 e. The lowest BCUT2D eigenvalue weighted by atomic mass is 9.77. The molecule has 0 unspecified atom stereocenters. The van der Waals surface area contributed by atoms with Crippen molar-refractivity contribution in [3.63, 3.8) is 0 Å². The number of ketones is 1. The molecule has 1 heterocycles. The maximum atomic E-state index is 13.5. The quantitative estimate of drug-likeness (QED) is 0.469. The first-order valence-electron chi connectivity index (χ1n) is 10.1. The number of aryl methyl sites for hydroxylation is 1. The second kappa shape index (κ2) is 8.28. The molecule has 156 valence electrons. The summed E-state index contributed by atoms with van der Waals surface area (Å²) < 4.78 is 1.81. The zero-order valence-corrected chi connectivity index (χ0v) is 19.4. The van der Waals surface area contributed by atoms with Crippen molar-refractivity contribution in [2.45, 2.75) is 83.6 Å². The van der Waals surface area contributed by atoms with Crippen molar-refractivity contribution in [1.82, 2.24) is 4.57 Å². The van der Waals surface area contributed by atoms with E-state index in [-0.39, 0.29) is 22.4 Å². The van der Waals surface area contributed by atoms with Crippen molar-refractivity contribution in [2.24, 2.45) is 0 Å². The molecule has 0 aliphatic rings. The Kier molecular flexibility index (Phi) is 6.59. The van der Waals surface area contributed by atoms with Crippen LogP contribution in [0.5, 0.6) is 5.75 Å². The second-order valence-electron chi connectivity index (χ2n) is 9.65. The van der Waals surface area contributed by atoms with E-state index >= 15 is 0 Å². The van der Waals surface area contributed by atoms with Crippen molar-refractivity contribution in [1.29, 1.82) is 5.26 Å². The average Bonchev–Trinajstić information content (AvgIpc) is 2.92. The highest BCUT2D eigenvalue weighted by Gasteiger charge is 2.29. The number of hydrogen-bond donors (Lipinski definition) is 2. The number of hydrogen-bond acceptors (Lipinski definition) is 4. The molecular formula is C24H32N2O2S. The first-order chi connectivity index (χ1) is 13.3. The lowest BCUT2D eigenvalue weighted by molar-refractivity contribution is 0.103. The topological polar surface area (TPSA) is 66.0 Å². The Bertz CT molecular complexity index is 931. The fourth-order valence-electron chi connectivity index (χ4n) is 3.44. The van der Waals surface area contributed by atoms with Gasteiger partial charge in [0, 0.05) is 34.3 Å². The normalized spacial score (nSPS) is 12.1. The maximum absolute atomic E-state index is 13.5. The van der Waals surface area contributed by atoms with Gasteiger partial charge < -0.3 is 9.67 Å². The van der Waals surface area contributed by atoms with Crippen LogP contribution in [0.3, 0.4) is 0 Å². The monoisotopic (exact) mass is 412 g/mol. The first-order valence-corrected chi connectivity index (χ1v) is 10.5. The van der Waals surface area contributed by atoms with Crippen molar-refractivity contribution in [2.75, 3.05) is 0 Å². The highest BCUT2D eigenvalue weighted by Crippen LogP contribution is 2.40. The molecule has 0 aliphatic heterocycles. The van der Waals surface area contributed by atoms with E-state index in [2.05, 4.69) is 25.6 Å². The third kappa shape index (κ3) is 4.70. The Labute approximate surface area is 180 Å². The van der Waals surface area contributed by atoms with Crippen LogP contribution in [-0.2, 0) is 17.4 Å². The van der Waals surface area contributed by atoms with E-state index in [1.807, 2.05) is 46.1 Å². The van der Waals surface area contributed by atoms with Crippen LogP contribution in [0.25, 0.3) is 0 Å². The van der Waals surface area contributed by atoms with Crippen LogP contribution in [0.15, 0.2) is 23.2 Å². The van der Waals surface area contributed by atoms with Crippen LogP contribution in [0.2, 0.25) is 0 Å². The number of carbonyl (C=O) groups is 1. The molecule has 1 aromatic carbocycles. The molecule has 0 saturated carbocycles. The molecule has 1 aromatic heterocycles. The van der Waals surface area contributed by atoms with Gasteiger partial charge in [-0.15, -0.1) is 12.6 Å². The first kappa shape index (κ1) is 23.1. The second-order valence-corrected chi connectivity index (χ2v) is 10.1. The highest BCUT2D eigenvalue weighted by atomic mass is 32.1. The zero-order chi connectivity index (χ0) is 22.1. The number of phenolic OH excluding ortho intramolecular Hbond substituents is 1. The van der Waals surface area contributed by atoms with Gasteiger partial charge in [0.15, 0.2) is 5.78 Å². The summed E-state index contributed by atoms with van der Waals surface area (Å²) in [5.41, 5.74) is 1.91. The van der Waals surface area contributed by atoms with E-state index < -0.39 is 0 Å². The molecule has 0 atom stereocenters. The predicted molar refractivity (Wildman–Crippen MR) is 120 cm³/mol. The minimum atomic E-state index is -0.338. The molecular weight excluding hydrogens is 380 g/mol. The maximum Gasteiger partial charge on any atom is 0.197 e. The van der Waals surface area contributed by atoms with E-state index in [4.69, 9.17) is 0 Å². The molecule has 4 nitrogen and oxygen atoms in total. The third-order valence-corrected chi connectivity index (χ3v) is 5.47. The van der Waals surface area contributed by atoms with Crippen LogP contribution in [0, 0.1) is 11.3 Å². The lowest BCUT2D eigenvalue weighted by Gasteiger charge is -2.28. The molecule has 0 spiro atoms. The zero-order valence-electron chi connectivity index (χ0n) is 18.6. The fraction of sp³-hybridized carbons (Fsp3) is 0.500. The van der Waals surface area contributed by atoms with E-state index in [1.54, 1.807) is 18.3 Å². The van der Waals surface area contributed by atoms with Crippen LogP contribution in [-0.4, -0.2) is 15.5 Å². The van der Waals surface area contributed by atoms with Gasteiger partial charge >= 0.3 is 0 Å². The summed E-state index contributed by atoms with van der Waals surface area (Å²) in [5, 5.41) is 20.6. The summed E-state index contributed by atoms with van der Waals surface area (Å²) in [6, 6.07) is 5.70. The lowest BCUT2D eigenvalue weighted by Crippen LogP contribution is -2.19. The van der Waals surface area contributed by atoms with E-state index in [0.717, 1.165) is 24.0 Å². The number of nitrogens with zero attached hydrogens (tertiary/aromatic N) is 2. The number of benzene rings is 1. The van der Waals surface area contributed by atoms with Gasteiger partial charge in [0.05, 0.1) is 5.56 Å². The molecule has 0 saturated heterocycles. The molecule has 29 heavy (non-hydrogen) atoms. The molecule has 1 N–H and O–H groups in total. The van der Waals surface area contributed by atoms with Crippen LogP contribution >= 0.6 is 12.6 Å². The summed E-state index contributed by atoms with van der Waals surface area (Å²) in [6.07, 6.45) is 3.68. The standard InChI is InChI=1S/C24H32N2O2S/c1-8-9-10-26-14-19(29)20(18(26)13-25)21(27)15-11-16(23(2,3)4)22(28)17(12-15)24(5,6)7/h11-12,14,28-29H,8-10H2,1-7H3. The molecule has 2 rings (SSSR count). The van der Waals surface area contributed by atoms with Gasteiger partial charge in [0.1, 0.15) is 17.5 Å². The van der Waals surface area contributed by atoms with Crippen molar-refractivity contribution < 1.29 is 9.90 Å². The summed E-state index contributed by atoms with van der Waals surface area (Å²) in [7, 11) is 0. The largest absolute Gasteiger partial charge is 0.507 e. The van der Waals surface area contributed by atoms with Gasteiger partial charge in [-0.3, -0.25) is 4.79 Å². The van der Waals surface area contributed by atoms with E-state index in [1.165, 1.54) is 0 Å². The molecule has 2 aromatic rings. The van der Waals surface area contributed by atoms with Crippen molar-refractivity contribution >= 4 is 18.4 Å². The Balaban J connectivity index is 2.71. The van der Waals surface area contributed by atoms with Crippen LogP contribution < -0.4 is 0 Å². The minimum Gasteiger partial charge on any atom is -0.507 e. The number of aromatic nitrogens is 1. The predicted octanol–water partition coefficient (Wildman–Crippen LogP) is 5.98. The van der Waals surface area contributed by atoms with Gasteiger partial charge in [-0.2, -0.15) is 5.26 Å². The van der Waals surface area contributed by atoms with Gasteiger partial charge in [-0.1, -0.05) is 54.9 Å². The SMILES string of the molecule is CCCCn1cc(S)c(C(=O)c2cc(C(C)(C)C)c(O)c(C(C)(C)C)c2)c1C#N. The number of unbranched alkanes of at least 4 members (excludes halogenated alkanes) is 1. The number of thiol groups is 1. The summed E-state index contributed by atoms with van der Waals surface area (Å²) in [5.74, 6) is -0.00790. The molecule has 0 bridgehead atoms. The molecule has 0 aliphatic carbocycles. The van der Waals surface area contributed by atoms with Crippen LogP contribution in [0.1, 0.15) is 94.1 Å². The van der Waals surface area contributed by atoms with Gasteiger partial charge in [-0.05, 0) is 29.4 Å². The van der Waals surface area contributed by atoms with Gasteiger partial charge in [0.25, 0.3) is 0 Å². The average molecular weight is 413 g/mol. The summed E-state index contributed by atoms with van der Waals surface area (Å²) in [6.45, 7) is 14.8. The molecule has 0 amide bonds. The number of rotatable bonds is 5. The van der Waals surface area contributed by atoms with Crippen molar-refractivity contribution in [3.8, 4) is 11.8 Å². The summed E-state index contributed by atoms with van der Waals surface area (Å²) >= 11 is 4.50. The third-order valence-electron chi connectivity index (χ3n) is 5.13. The van der Waals surface area contributed by atoms with E-state index in [0.29, 0.717) is 28.3 Å².